The topological polar surface area (TPSA) is 29.3 Å². The van der Waals surface area contributed by atoms with Crippen molar-refractivity contribution in [3.8, 4) is 0 Å². The van der Waals surface area contributed by atoms with E-state index in [1.807, 2.05) is 0 Å². The number of allylic oxidation sites excluding steroid dienone is 2. The molecule has 146 valence electrons. The Morgan fingerprint density at radius 2 is 1.78 bits per heavy atom. The van der Waals surface area contributed by atoms with E-state index in [4.69, 9.17) is 5.73 Å². The lowest BCUT2D eigenvalue weighted by Gasteiger charge is -2.51. The molecule has 1 unspecified atom stereocenters. The lowest BCUT2D eigenvalue weighted by atomic mass is 9.62. The van der Waals surface area contributed by atoms with Gasteiger partial charge in [0.1, 0.15) is 0 Å². The molecule has 1 atom stereocenters. The Morgan fingerprint density at radius 1 is 1.07 bits per heavy atom. The third-order valence-electron chi connectivity index (χ3n) is 7.73. The Kier molecular flexibility index (Phi) is 4.84. The monoisotopic (exact) mass is 364 g/mol. The molecule has 2 heteroatoms. The van der Waals surface area contributed by atoms with Crippen molar-refractivity contribution in [2.45, 2.75) is 64.3 Å². The van der Waals surface area contributed by atoms with Crippen molar-refractivity contribution < 1.29 is 0 Å². The Hall–Kier alpha value is -1.38. The van der Waals surface area contributed by atoms with Gasteiger partial charge in [0.15, 0.2) is 0 Å². The van der Waals surface area contributed by atoms with Gasteiger partial charge in [0, 0.05) is 41.9 Å². The van der Waals surface area contributed by atoms with Crippen LogP contribution in [-0.4, -0.2) is 30.6 Å². The number of nitrogens with two attached hydrogens (primary N) is 1. The smallest absolute Gasteiger partial charge is 0.0169 e. The molecule has 1 aliphatic heterocycles. The van der Waals surface area contributed by atoms with E-state index in [0.29, 0.717) is 11.5 Å². The maximum atomic E-state index is 6.30. The van der Waals surface area contributed by atoms with Crippen molar-refractivity contribution in [1.29, 1.82) is 0 Å². The van der Waals surface area contributed by atoms with Crippen LogP contribution in [0.15, 0.2) is 54.1 Å². The minimum atomic E-state index is 0.189. The van der Waals surface area contributed by atoms with E-state index in [9.17, 15) is 0 Å². The van der Waals surface area contributed by atoms with Gasteiger partial charge in [-0.3, -0.25) is 4.90 Å². The molecule has 2 aliphatic carbocycles. The van der Waals surface area contributed by atoms with Crippen LogP contribution in [0, 0.1) is 10.8 Å². The van der Waals surface area contributed by atoms with Crippen LogP contribution in [0.2, 0.25) is 0 Å². The van der Waals surface area contributed by atoms with Crippen LogP contribution < -0.4 is 5.73 Å². The predicted molar refractivity (Wildman–Crippen MR) is 115 cm³/mol. The van der Waals surface area contributed by atoms with Crippen molar-refractivity contribution in [2.24, 2.45) is 16.6 Å². The number of fused-ring (bicyclic) bond motifs is 1. The Bertz CT molecular complexity index is 722. The fraction of sp³-hybridized carbons (Fsp3) is 0.600. The van der Waals surface area contributed by atoms with Crippen molar-refractivity contribution in [3.05, 3.63) is 59.7 Å². The molecule has 0 amide bonds. The summed E-state index contributed by atoms with van der Waals surface area (Å²) >= 11 is 0. The summed E-state index contributed by atoms with van der Waals surface area (Å²) < 4.78 is 0. The Balaban J connectivity index is 1.48. The summed E-state index contributed by atoms with van der Waals surface area (Å²) in [5, 5.41) is 0. The van der Waals surface area contributed by atoms with E-state index >= 15 is 0 Å². The molecule has 1 aromatic rings. The zero-order chi connectivity index (χ0) is 19.1. The molecular weight excluding hydrogens is 328 g/mol. The van der Waals surface area contributed by atoms with Crippen molar-refractivity contribution in [1.82, 2.24) is 4.90 Å². The van der Waals surface area contributed by atoms with Crippen LogP contribution >= 0.6 is 0 Å². The summed E-state index contributed by atoms with van der Waals surface area (Å²) in [6, 6.07) is 11.7. The average molecular weight is 365 g/mol. The van der Waals surface area contributed by atoms with Crippen LogP contribution in [0.25, 0.3) is 0 Å². The molecule has 1 fully saturated rings. The van der Waals surface area contributed by atoms with E-state index in [2.05, 4.69) is 74.2 Å². The van der Waals surface area contributed by atoms with Gasteiger partial charge in [0.05, 0.1) is 0 Å². The fourth-order valence-corrected chi connectivity index (χ4v) is 6.17. The number of nitrogens with zero attached hydrogens (tertiary/aromatic N) is 1. The molecule has 0 spiro atoms. The number of benzene rings is 1. The van der Waals surface area contributed by atoms with E-state index < -0.39 is 0 Å². The third-order valence-corrected chi connectivity index (χ3v) is 7.73. The summed E-state index contributed by atoms with van der Waals surface area (Å²) in [5.41, 5.74) is 10.1. The maximum Gasteiger partial charge on any atom is 0.0169 e. The second kappa shape index (κ2) is 6.90. The fourth-order valence-electron chi connectivity index (χ4n) is 6.17. The highest BCUT2D eigenvalue weighted by molar-refractivity contribution is 5.34. The van der Waals surface area contributed by atoms with Crippen molar-refractivity contribution in [3.63, 3.8) is 0 Å². The molecule has 2 nitrogen and oxygen atoms in total. The molecular formula is C25H36N2. The second-order valence-corrected chi connectivity index (χ2v) is 10.0. The maximum absolute atomic E-state index is 6.30. The van der Waals surface area contributed by atoms with Crippen LogP contribution in [-0.2, 0) is 5.41 Å². The quantitative estimate of drug-likeness (QED) is 0.760. The summed E-state index contributed by atoms with van der Waals surface area (Å²) in [6.45, 7) is 10.3. The molecule has 2 N–H and O–H groups in total. The molecule has 0 bridgehead atoms. The largest absolute Gasteiger partial charge is 0.330 e. The minimum absolute atomic E-state index is 0.189. The zero-order valence-electron chi connectivity index (χ0n) is 17.4. The van der Waals surface area contributed by atoms with Gasteiger partial charge in [-0.15, -0.1) is 0 Å². The first-order valence-corrected chi connectivity index (χ1v) is 10.8. The first kappa shape index (κ1) is 19.0. The van der Waals surface area contributed by atoms with Gasteiger partial charge in [-0.1, -0.05) is 74.9 Å². The molecule has 1 saturated carbocycles. The van der Waals surface area contributed by atoms with E-state index in [1.54, 1.807) is 5.57 Å². The summed E-state index contributed by atoms with van der Waals surface area (Å²) in [7, 11) is 0. The SMILES string of the molecule is CC1(C)C=CCC2(C)CN(C3CCC(CN)(c4ccccc4)CC3)CC=C12. The standard InChI is InChI=1S/C25H36N2/c1-23(2)13-7-14-24(3)19-27(17-12-22(23)24)21-10-15-25(18-26,16-11-21)20-8-5-4-6-9-20/h4-9,12-13,21H,10-11,14-19,26H2,1-3H3. The molecule has 27 heavy (non-hydrogen) atoms. The molecule has 0 radical (unpaired) electrons. The predicted octanol–water partition coefficient (Wildman–Crippen LogP) is 5.06. The number of hydrogen-bond acceptors (Lipinski definition) is 2. The summed E-state index contributed by atoms with van der Waals surface area (Å²) in [4.78, 5) is 2.77. The zero-order valence-corrected chi connectivity index (χ0v) is 17.4. The van der Waals surface area contributed by atoms with E-state index in [0.717, 1.165) is 13.1 Å². The third kappa shape index (κ3) is 3.32. The van der Waals surface area contributed by atoms with Gasteiger partial charge < -0.3 is 5.73 Å². The van der Waals surface area contributed by atoms with Gasteiger partial charge >= 0.3 is 0 Å². The minimum Gasteiger partial charge on any atom is -0.330 e. The van der Waals surface area contributed by atoms with Crippen molar-refractivity contribution in [2.75, 3.05) is 19.6 Å². The van der Waals surface area contributed by atoms with E-state index in [1.165, 1.54) is 44.2 Å². The van der Waals surface area contributed by atoms with Gasteiger partial charge in [-0.25, -0.2) is 0 Å². The average Bonchev–Trinajstić information content (AvgIpc) is 2.67. The summed E-state index contributed by atoms with van der Waals surface area (Å²) in [5.74, 6) is 0. The number of rotatable bonds is 3. The normalized spacial score (nSPS) is 36.1. The van der Waals surface area contributed by atoms with Crippen molar-refractivity contribution >= 4 is 0 Å². The second-order valence-electron chi connectivity index (χ2n) is 10.0. The van der Waals surface area contributed by atoms with Crippen LogP contribution in [0.1, 0.15) is 58.4 Å². The van der Waals surface area contributed by atoms with Crippen LogP contribution in [0.3, 0.4) is 0 Å². The summed E-state index contributed by atoms with van der Waals surface area (Å²) in [6.07, 6.45) is 13.5. The van der Waals surface area contributed by atoms with Crippen LogP contribution in [0.4, 0.5) is 0 Å². The lowest BCUT2D eigenvalue weighted by molar-refractivity contribution is 0.0828. The molecule has 1 aromatic carbocycles. The Morgan fingerprint density at radius 3 is 2.44 bits per heavy atom. The highest BCUT2D eigenvalue weighted by Gasteiger charge is 2.44. The lowest BCUT2D eigenvalue weighted by Crippen LogP contribution is -2.52. The highest BCUT2D eigenvalue weighted by atomic mass is 15.2. The molecule has 3 aliphatic rings. The molecule has 0 saturated heterocycles. The molecule has 0 aromatic heterocycles. The van der Waals surface area contributed by atoms with Gasteiger partial charge in [0.25, 0.3) is 0 Å². The highest BCUT2D eigenvalue weighted by Crippen LogP contribution is 2.50. The van der Waals surface area contributed by atoms with Gasteiger partial charge in [-0.2, -0.15) is 0 Å². The number of hydrogen-bond donors (Lipinski definition) is 1. The Labute approximate surface area is 165 Å². The first-order valence-electron chi connectivity index (χ1n) is 10.8. The van der Waals surface area contributed by atoms with Gasteiger partial charge in [-0.05, 0) is 37.7 Å². The van der Waals surface area contributed by atoms with Crippen LogP contribution in [0.5, 0.6) is 0 Å². The van der Waals surface area contributed by atoms with E-state index in [-0.39, 0.29) is 10.8 Å². The molecule has 1 heterocycles. The molecule has 4 rings (SSSR count). The first-order chi connectivity index (χ1) is 12.9. The van der Waals surface area contributed by atoms with Gasteiger partial charge in [0.2, 0.25) is 0 Å².